The lowest BCUT2D eigenvalue weighted by atomic mass is 9.85. The maximum atomic E-state index is 10.5. The quantitative estimate of drug-likeness (QED) is 0.784. The van der Waals surface area contributed by atoms with Crippen LogP contribution in [0.2, 0.25) is 0 Å². The zero-order valence-electron chi connectivity index (χ0n) is 11.4. The second-order valence-corrected chi connectivity index (χ2v) is 6.33. The molecule has 0 atom stereocenters. The van der Waals surface area contributed by atoms with Crippen LogP contribution in [0.4, 0.5) is 0 Å². The topological polar surface area (TPSA) is 35.5 Å². The van der Waals surface area contributed by atoms with Crippen LogP contribution in [0.15, 0.2) is 0 Å². The van der Waals surface area contributed by atoms with Crippen LogP contribution in [0, 0.1) is 11.8 Å². The van der Waals surface area contributed by atoms with E-state index >= 15 is 0 Å². The molecule has 0 amide bonds. The fourth-order valence-corrected chi connectivity index (χ4v) is 3.24. The van der Waals surface area contributed by atoms with E-state index in [1.165, 1.54) is 25.9 Å². The summed E-state index contributed by atoms with van der Waals surface area (Å²) in [5.74, 6) is 1.72. The van der Waals surface area contributed by atoms with Gasteiger partial charge in [-0.3, -0.25) is 0 Å². The van der Waals surface area contributed by atoms with E-state index in [1.54, 1.807) is 0 Å². The van der Waals surface area contributed by atoms with E-state index in [4.69, 9.17) is 0 Å². The van der Waals surface area contributed by atoms with Gasteiger partial charge in [-0.1, -0.05) is 13.8 Å². The highest BCUT2D eigenvalue weighted by Gasteiger charge is 2.32. The van der Waals surface area contributed by atoms with Crippen molar-refractivity contribution in [3.8, 4) is 0 Å². The summed E-state index contributed by atoms with van der Waals surface area (Å²) in [6.07, 6.45) is 4.45. The van der Waals surface area contributed by atoms with Crippen LogP contribution in [0.3, 0.4) is 0 Å². The number of nitrogens with zero attached hydrogens (tertiary/aromatic N) is 1. The standard InChI is InChI=1S/C14H28N2O/c1-12(2)13-3-9-16(10-4-13)11-14(17)5-7-15-8-6-14/h12-13,15,17H,3-11H2,1-2H3. The van der Waals surface area contributed by atoms with E-state index in [2.05, 4.69) is 24.1 Å². The van der Waals surface area contributed by atoms with Crippen molar-refractivity contribution >= 4 is 0 Å². The van der Waals surface area contributed by atoms with Gasteiger partial charge >= 0.3 is 0 Å². The van der Waals surface area contributed by atoms with Gasteiger partial charge in [-0.05, 0) is 63.7 Å². The third-order valence-electron chi connectivity index (χ3n) is 4.63. The van der Waals surface area contributed by atoms with Crippen molar-refractivity contribution in [2.45, 2.75) is 45.1 Å². The first-order valence-corrected chi connectivity index (χ1v) is 7.24. The third kappa shape index (κ3) is 3.67. The summed E-state index contributed by atoms with van der Waals surface area (Å²) in [6.45, 7) is 9.86. The smallest absolute Gasteiger partial charge is 0.0798 e. The monoisotopic (exact) mass is 240 g/mol. The zero-order chi connectivity index (χ0) is 12.3. The molecule has 0 aromatic carbocycles. The maximum absolute atomic E-state index is 10.5. The fourth-order valence-electron chi connectivity index (χ4n) is 3.24. The van der Waals surface area contributed by atoms with Gasteiger partial charge in [-0.15, -0.1) is 0 Å². The van der Waals surface area contributed by atoms with Crippen LogP contribution < -0.4 is 5.32 Å². The third-order valence-corrected chi connectivity index (χ3v) is 4.63. The molecule has 0 unspecified atom stereocenters. The molecule has 0 aromatic rings. The van der Waals surface area contributed by atoms with E-state index in [0.29, 0.717) is 0 Å². The number of hydrogen-bond acceptors (Lipinski definition) is 3. The van der Waals surface area contributed by atoms with Gasteiger partial charge in [-0.2, -0.15) is 0 Å². The lowest BCUT2D eigenvalue weighted by molar-refractivity contribution is -0.0290. The summed E-state index contributed by atoms with van der Waals surface area (Å²) in [5, 5.41) is 13.8. The molecule has 2 aliphatic rings. The van der Waals surface area contributed by atoms with Crippen LogP contribution in [0.25, 0.3) is 0 Å². The van der Waals surface area contributed by atoms with Crippen LogP contribution in [-0.2, 0) is 0 Å². The number of nitrogens with one attached hydrogen (secondary N) is 1. The molecular formula is C14H28N2O. The van der Waals surface area contributed by atoms with Crippen LogP contribution >= 0.6 is 0 Å². The molecule has 3 nitrogen and oxygen atoms in total. The van der Waals surface area contributed by atoms with Gasteiger partial charge in [0.1, 0.15) is 0 Å². The second kappa shape index (κ2) is 5.68. The fraction of sp³-hybridized carbons (Fsp3) is 1.00. The largest absolute Gasteiger partial charge is 0.388 e. The summed E-state index contributed by atoms with van der Waals surface area (Å²) in [6, 6.07) is 0. The number of β-amino-alcohol motifs (C(OH)–C–C–N with tert-alkyl or cyclic N) is 1. The first kappa shape index (κ1) is 13.3. The first-order valence-electron chi connectivity index (χ1n) is 7.24. The number of rotatable bonds is 3. The molecule has 2 saturated heterocycles. The van der Waals surface area contributed by atoms with Crippen molar-refractivity contribution in [1.82, 2.24) is 10.2 Å². The van der Waals surface area contributed by atoms with Gasteiger partial charge in [0.05, 0.1) is 5.60 Å². The normalized spacial score (nSPS) is 27.5. The number of piperidine rings is 2. The molecule has 2 aliphatic heterocycles. The van der Waals surface area contributed by atoms with E-state index in [1.807, 2.05) is 0 Å². The van der Waals surface area contributed by atoms with Crippen LogP contribution in [0.1, 0.15) is 39.5 Å². The van der Waals surface area contributed by atoms with Gasteiger partial charge in [0.25, 0.3) is 0 Å². The van der Waals surface area contributed by atoms with Gasteiger partial charge in [0.15, 0.2) is 0 Å². The summed E-state index contributed by atoms with van der Waals surface area (Å²) >= 11 is 0. The molecule has 0 radical (unpaired) electrons. The highest BCUT2D eigenvalue weighted by atomic mass is 16.3. The Balaban J connectivity index is 1.77. The second-order valence-electron chi connectivity index (χ2n) is 6.33. The molecule has 0 spiro atoms. The highest BCUT2D eigenvalue weighted by Crippen LogP contribution is 2.27. The van der Waals surface area contributed by atoms with Crippen LogP contribution in [0.5, 0.6) is 0 Å². The predicted molar refractivity (Wildman–Crippen MR) is 71.1 cm³/mol. The molecule has 100 valence electrons. The van der Waals surface area contributed by atoms with Crippen molar-refractivity contribution in [1.29, 1.82) is 0 Å². The van der Waals surface area contributed by atoms with Crippen molar-refractivity contribution in [3.63, 3.8) is 0 Å². The Bertz CT molecular complexity index is 228. The average Bonchev–Trinajstić information content (AvgIpc) is 2.30. The Hall–Kier alpha value is -0.120. The Morgan fingerprint density at radius 1 is 1.24 bits per heavy atom. The number of aliphatic hydroxyl groups is 1. The molecule has 2 rings (SSSR count). The molecule has 0 aromatic heterocycles. The van der Waals surface area contributed by atoms with Crippen molar-refractivity contribution in [3.05, 3.63) is 0 Å². The Labute approximate surface area is 106 Å². The molecule has 2 fully saturated rings. The lowest BCUT2D eigenvalue weighted by Crippen LogP contribution is -2.51. The Kier molecular flexibility index (Phi) is 4.45. The number of likely N-dealkylation sites (tertiary alicyclic amines) is 1. The van der Waals surface area contributed by atoms with Crippen LogP contribution in [-0.4, -0.2) is 48.3 Å². The lowest BCUT2D eigenvalue weighted by Gasteiger charge is -2.40. The molecule has 17 heavy (non-hydrogen) atoms. The molecule has 0 bridgehead atoms. The van der Waals surface area contributed by atoms with Gasteiger partial charge in [-0.25, -0.2) is 0 Å². The average molecular weight is 240 g/mol. The zero-order valence-corrected chi connectivity index (χ0v) is 11.4. The van der Waals surface area contributed by atoms with Gasteiger partial charge < -0.3 is 15.3 Å². The van der Waals surface area contributed by atoms with E-state index in [9.17, 15) is 5.11 Å². The summed E-state index contributed by atoms with van der Waals surface area (Å²) in [7, 11) is 0. The summed E-state index contributed by atoms with van der Waals surface area (Å²) in [4.78, 5) is 2.48. The minimum atomic E-state index is -0.421. The van der Waals surface area contributed by atoms with Gasteiger partial charge in [0.2, 0.25) is 0 Å². The summed E-state index contributed by atoms with van der Waals surface area (Å²) < 4.78 is 0. The van der Waals surface area contributed by atoms with E-state index in [-0.39, 0.29) is 0 Å². The van der Waals surface area contributed by atoms with Crippen molar-refractivity contribution in [2.24, 2.45) is 11.8 Å². The predicted octanol–water partition coefficient (Wildman–Crippen LogP) is 1.47. The number of hydrogen-bond donors (Lipinski definition) is 2. The van der Waals surface area contributed by atoms with Gasteiger partial charge in [0, 0.05) is 6.54 Å². The molecule has 2 N–H and O–H groups in total. The summed E-state index contributed by atoms with van der Waals surface area (Å²) in [5.41, 5.74) is -0.421. The minimum Gasteiger partial charge on any atom is -0.388 e. The van der Waals surface area contributed by atoms with Crippen molar-refractivity contribution < 1.29 is 5.11 Å². The molecule has 0 aliphatic carbocycles. The molecule has 0 saturated carbocycles. The highest BCUT2D eigenvalue weighted by molar-refractivity contribution is 4.88. The van der Waals surface area contributed by atoms with E-state index < -0.39 is 5.60 Å². The molecular weight excluding hydrogens is 212 g/mol. The van der Waals surface area contributed by atoms with Crippen molar-refractivity contribution in [2.75, 3.05) is 32.7 Å². The van der Waals surface area contributed by atoms with E-state index in [0.717, 1.165) is 44.3 Å². The Morgan fingerprint density at radius 2 is 1.82 bits per heavy atom. The maximum Gasteiger partial charge on any atom is 0.0798 e. The first-order chi connectivity index (χ1) is 8.09. The SMILES string of the molecule is CC(C)C1CCN(CC2(O)CCNCC2)CC1. The minimum absolute atomic E-state index is 0.421. The molecule has 2 heterocycles. The molecule has 3 heteroatoms. The Morgan fingerprint density at radius 3 is 2.35 bits per heavy atom.